The van der Waals surface area contributed by atoms with E-state index < -0.39 is 10.1 Å². The molecular formula is C19H22ClNO5S. The zero-order valence-electron chi connectivity index (χ0n) is 15.8. The fourth-order valence-electron chi connectivity index (χ4n) is 2.51. The molecule has 2 aromatic rings. The summed E-state index contributed by atoms with van der Waals surface area (Å²) in [7, 11) is -2.86. The van der Waals surface area contributed by atoms with Gasteiger partial charge in [0.15, 0.2) is 0 Å². The maximum Gasteiger partial charge on any atom is 0.343 e. The molecule has 8 heteroatoms. The SMILES string of the molecule is COc1ccc(NC(C)=O)cc1S(=O)(=O)Oc1cc(C)c(Cl)cc1C(C)C. The summed E-state index contributed by atoms with van der Waals surface area (Å²) in [5.74, 6) is 0.000491. The van der Waals surface area contributed by atoms with E-state index >= 15 is 0 Å². The minimum absolute atomic E-state index is 0.000842. The number of ether oxygens (including phenoxy) is 1. The molecule has 0 aromatic heterocycles. The summed E-state index contributed by atoms with van der Waals surface area (Å²) in [6.07, 6.45) is 0. The Labute approximate surface area is 164 Å². The van der Waals surface area contributed by atoms with Crippen LogP contribution in [0.2, 0.25) is 5.02 Å². The van der Waals surface area contributed by atoms with Gasteiger partial charge in [-0.3, -0.25) is 4.79 Å². The van der Waals surface area contributed by atoms with Crippen LogP contribution >= 0.6 is 11.6 Å². The minimum atomic E-state index is -4.22. The lowest BCUT2D eigenvalue weighted by atomic mass is 10.0. The van der Waals surface area contributed by atoms with Crippen molar-refractivity contribution in [2.24, 2.45) is 0 Å². The normalized spacial score (nSPS) is 11.4. The van der Waals surface area contributed by atoms with Gasteiger partial charge in [-0.25, -0.2) is 0 Å². The Morgan fingerprint density at radius 3 is 2.37 bits per heavy atom. The summed E-state index contributed by atoms with van der Waals surface area (Å²) in [4.78, 5) is 11.1. The summed E-state index contributed by atoms with van der Waals surface area (Å²) in [6, 6.07) is 7.60. The fourth-order valence-corrected chi connectivity index (χ4v) is 3.82. The number of carbonyl (C=O) groups is 1. The molecule has 0 aliphatic rings. The molecule has 0 saturated heterocycles. The Morgan fingerprint density at radius 1 is 1.15 bits per heavy atom. The number of hydrogen-bond donors (Lipinski definition) is 1. The molecule has 0 aliphatic carbocycles. The molecule has 1 amide bonds. The van der Waals surface area contributed by atoms with Gasteiger partial charge in [-0.05, 0) is 54.3 Å². The molecule has 27 heavy (non-hydrogen) atoms. The molecule has 0 atom stereocenters. The van der Waals surface area contributed by atoms with Gasteiger partial charge in [-0.2, -0.15) is 8.42 Å². The van der Waals surface area contributed by atoms with E-state index in [9.17, 15) is 13.2 Å². The second-order valence-corrected chi connectivity index (χ2v) is 8.30. The monoisotopic (exact) mass is 411 g/mol. The summed E-state index contributed by atoms with van der Waals surface area (Å²) in [6.45, 7) is 6.93. The molecule has 0 heterocycles. The van der Waals surface area contributed by atoms with Crippen molar-refractivity contribution in [3.05, 3.63) is 46.5 Å². The van der Waals surface area contributed by atoms with Crippen LogP contribution in [0.15, 0.2) is 35.2 Å². The zero-order valence-corrected chi connectivity index (χ0v) is 17.4. The zero-order chi connectivity index (χ0) is 20.4. The molecule has 0 unspecified atom stereocenters. The van der Waals surface area contributed by atoms with Crippen LogP contribution in [0.3, 0.4) is 0 Å². The van der Waals surface area contributed by atoms with E-state index in [1.165, 1.54) is 26.2 Å². The van der Waals surface area contributed by atoms with Crippen molar-refractivity contribution in [2.75, 3.05) is 12.4 Å². The van der Waals surface area contributed by atoms with Gasteiger partial charge in [0.1, 0.15) is 16.4 Å². The standard InChI is InChI=1S/C19H22ClNO5S/c1-11(2)15-10-16(20)12(3)8-18(15)26-27(23,24)19-9-14(21-13(4)22)6-7-17(19)25-5/h6-11H,1-5H3,(H,21,22). The molecule has 146 valence electrons. The van der Waals surface area contributed by atoms with Crippen molar-refractivity contribution in [3.8, 4) is 11.5 Å². The van der Waals surface area contributed by atoms with E-state index in [1.807, 2.05) is 13.8 Å². The molecule has 0 radical (unpaired) electrons. The fraction of sp³-hybridized carbons (Fsp3) is 0.316. The quantitative estimate of drug-likeness (QED) is 0.707. The van der Waals surface area contributed by atoms with Gasteiger partial charge in [0.05, 0.1) is 7.11 Å². The largest absolute Gasteiger partial charge is 0.495 e. The van der Waals surface area contributed by atoms with E-state index in [4.69, 9.17) is 20.5 Å². The van der Waals surface area contributed by atoms with Gasteiger partial charge < -0.3 is 14.2 Å². The van der Waals surface area contributed by atoms with Crippen LogP contribution in [0.1, 0.15) is 37.8 Å². The predicted octanol–water partition coefficient (Wildman–Crippen LogP) is 4.51. The first-order chi connectivity index (χ1) is 12.5. The van der Waals surface area contributed by atoms with Crippen molar-refractivity contribution in [2.45, 2.75) is 38.5 Å². The lowest BCUT2D eigenvalue weighted by molar-refractivity contribution is -0.114. The number of amides is 1. The molecule has 1 N–H and O–H groups in total. The number of halogens is 1. The first-order valence-corrected chi connectivity index (χ1v) is 10.0. The first kappa shape index (κ1) is 21.1. The van der Waals surface area contributed by atoms with Gasteiger partial charge in [0, 0.05) is 17.6 Å². The molecule has 6 nitrogen and oxygen atoms in total. The van der Waals surface area contributed by atoms with Crippen molar-refractivity contribution in [1.82, 2.24) is 0 Å². The van der Waals surface area contributed by atoms with Crippen molar-refractivity contribution >= 4 is 33.3 Å². The summed E-state index contributed by atoms with van der Waals surface area (Å²) < 4.78 is 36.5. The number of aryl methyl sites for hydroxylation is 1. The molecule has 2 aromatic carbocycles. The highest BCUT2D eigenvalue weighted by molar-refractivity contribution is 7.87. The predicted molar refractivity (Wildman–Crippen MR) is 105 cm³/mol. The highest BCUT2D eigenvalue weighted by atomic mass is 35.5. The number of methoxy groups -OCH3 is 1. The number of rotatable bonds is 6. The number of benzene rings is 2. The third kappa shape index (κ3) is 4.93. The Balaban J connectivity index is 2.54. The smallest absolute Gasteiger partial charge is 0.343 e. The molecule has 0 bridgehead atoms. The Bertz CT molecular complexity index is 970. The van der Waals surface area contributed by atoms with Crippen LogP contribution in [0.5, 0.6) is 11.5 Å². The van der Waals surface area contributed by atoms with Gasteiger partial charge in [-0.15, -0.1) is 0 Å². The van der Waals surface area contributed by atoms with E-state index in [-0.39, 0.29) is 28.2 Å². The molecule has 0 fully saturated rings. The third-order valence-corrected chi connectivity index (χ3v) is 5.53. The Kier molecular flexibility index (Phi) is 6.38. The van der Waals surface area contributed by atoms with Gasteiger partial charge in [0.2, 0.25) is 5.91 Å². The number of anilines is 1. The summed E-state index contributed by atoms with van der Waals surface area (Å²) in [5.41, 5.74) is 1.69. The second kappa shape index (κ2) is 8.19. The second-order valence-electron chi connectivity index (χ2n) is 6.38. The Hall–Kier alpha value is -2.25. The number of nitrogens with one attached hydrogen (secondary N) is 1. The van der Waals surface area contributed by atoms with Gasteiger partial charge >= 0.3 is 10.1 Å². The van der Waals surface area contributed by atoms with Crippen molar-refractivity contribution < 1.29 is 22.1 Å². The highest BCUT2D eigenvalue weighted by Gasteiger charge is 2.25. The van der Waals surface area contributed by atoms with Crippen LogP contribution in [0, 0.1) is 6.92 Å². The van der Waals surface area contributed by atoms with Crippen LogP contribution in [-0.2, 0) is 14.9 Å². The van der Waals surface area contributed by atoms with Crippen LogP contribution in [0.25, 0.3) is 0 Å². The average molecular weight is 412 g/mol. The van der Waals surface area contributed by atoms with Crippen LogP contribution in [-0.4, -0.2) is 21.4 Å². The number of hydrogen-bond acceptors (Lipinski definition) is 5. The third-order valence-electron chi connectivity index (χ3n) is 3.87. The van der Waals surface area contributed by atoms with E-state index in [1.54, 1.807) is 25.1 Å². The van der Waals surface area contributed by atoms with Crippen molar-refractivity contribution in [3.63, 3.8) is 0 Å². The van der Waals surface area contributed by atoms with Gasteiger partial charge in [-0.1, -0.05) is 25.4 Å². The molecule has 0 saturated carbocycles. The lowest BCUT2D eigenvalue weighted by Crippen LogP contribution is -2.14. The average Bonchev–Trinajstić information content (AvgIpc) is 2.56. The maximum absolute atomic E-state index is 12.9. The Morgan fingerprint density at radius 2 is 1.81 bits per heavy atom. The minimum Gasteiger partial charge on any atom is -0.495 e. The molecule has 0 aliphatic heterocycles. The number of carbonyl (C=O) groups excluding carboxylic acids is 1. The molecule has 2 rings (SSSR count). The van der Waals surface area contributed by atoms with E-state index in [0.29, 0.717) is 21.8 Å². The van der Waals surface area contributed by atoms with Crippen molar-refractivity contribution in [1.29, 1.82) is 0 Å². The molecule has 0 spiro atoms. The van der Waals surface area contributed by atoms with Gasteiger partial charge in [0.25, 0.3) is 0 Å². The van der Waals surface area contributed by atoms with E-state index in [0.717, 1.165) is 0 Å². The summed E-state index contributed by atoms with van der Waals surface area (Å²) >= 11 is 6.17. The summed E-state index contributed by atoms with van der Waals surface area (Å²) in [5, 5.41) is 3.08. The highest BCUT2D eigenvalue weighted by Crippen LogP contribution is 2.35. The van der Waals surface area contributed by atoms with Crippen LogP contribution in [0.4, 0.5) is 5.69 Å². The first-order valence-electron chi connectivity index (χ1n) is 8.25. The van der Waals surface area contributed by atoms with E-state index in [2.05, 4.69) is 5.32 Å². The topological polar surface area (TPSA) is 81.7 Å². The maximum atomic E-state index is 12.9. The molecular weight excluding hydrogens is 390 g/mol. The van der Waals surface area contributed by atoms with Crippen LogP contribution < -0.4 is 14.2 Å². The lowest BCUT2D eigenvalue weighted by Gasteiger charge is -2.17.